The molecule has 2 rings (SSSR count). The van der Waals surface area contributed by atoms with Crippen molar-refractivity contribution in [1.82, 2.24) is 0 Å². The van der Waals surface area contributed by atoms with E-state index in [1.807, 2.05) is 6.07 Å². The molecule has 0 spiro atoms. The number of ether oxygens (including phenoxy) is 1. The molecule has 1 unspecified atom stereocenters. The number of nitrogens with zero attached hydrogens (tertiary/aromatic N) is 1. The van der Waals surface area contributed by atoms with Crippen molar-refractivity contribution in [3.05, 3.63) is 29.2 Å². The number of nitroso groups, excluding NO2 is 1. The lowest BCUT2D eigenvalue weighted by Gasteiger charge is -2.00. The lowest BCUT2D eigenvalue weighted by Crippen LogP contribution is -2.19. The first-order chi connectivity index (χ1) is 6.88. The Morgan fingerprint density at radius 2 is 2.50 bits per heavy atom. The molecule has 0 aliphatic carbocycles. The first-order valence-corrected chi connectivity index (χ1v) is 4.38. The van der Waals surface area contributed by atoms with Gasteiger partial charge >= 0.3 is 7.48 Å². The van der Waals surface area contributed by atoms with Crippen LogP contribution in [0.2, 0.25) is 0 Å². The van der Waals surface area contributed by atoms with E-state index in [-0.39, 0.29) is 6.10 Å². The van der Waals surface area contributed by atoms with Crippen LogP contribution in [-0.2, 0) is 9.39 Å². The smallest absolute Gasteiger partial charge is 0.330 e. The molecule has 0 amide bonds. The minimum absolute atomic E-state index is 0.249. The molecule has 1 aromatic carbocycles. The highest BCUT2D eigenvalue weighted by Gasteiger charge is 2.22. The van der Waals surface area contributed by atoms with Crippen molar-refractivity contribution in [2.45, 2.75) is 6.10 Å². The molecule has 1 radical (unpaired) electrons. The number of epoxide rings is 1. The Bertz CT molecular complexity index is 328. The highest BCUT2D eigenvalue weighted by molar-refractivity contribution is 6.47. The summed E-state index contributed by atoms with van der Waals surface area (Å²) in [4.78, 5) is 10.2. The van der Waals surface area contributed by atoms with Crippen molar-refractivity contribution in [2.75, 3.05) is 13.2 Å². The Balaban J connectivity index is 1.84. The third-order valence-electron chi connectivity index (χ3n) is 1.88. The topological polar surface area (TPSA) is 51.2 Å². The summed E-state index contributed by atoms with van der Waals surface area (Å²) in [6.45, 7) is 1.35. The van der Waals surface area contributed by atoms with E-state index in [1.165, 1.54) is 0 Å². The van der Waals surface area contributed by atoms with Crippen LogP contribution in [-0.4, -0.2) is 26.8 Å². The Kier molecular flexibility index (Phi) is 2.91. The fraction of sp³-hybridized carbons (Fsp3) is 0.333. The summed E-state index contributed by atoms with van der Waals surface area (Å²) >= 11 is 0. The SMILES string of the molecule is O=Nc1cccc([B]OCC2CO2)c1. The van der Waals surface area contributed by atoms with Crippen molar-refractivity contribution in [1.29, 1.82) is 0 Å². The number of hydrogen-bond donors (Lipinski definition) is 0. The van der Waals surface area contributed by atoms with Crippen molar-refractivity contribution in [3.8, 4) is 0 Å². The zero-order chi connectivity index (χ0) is 9.80. The van der Waals surface area contributed by atoms with Crippen LogP contribution in [0.15, 0.2) is 29.4 Å². The normalized spacial score (nSPS) is 19.0. The Morgan fingerprint density at radius 3 is 3.21 bits per heavy atom. The summed E-state index contributed by atoms with van der Waals surface area (Å²) in [5.41, 5.74) is 1.24. The molecular weight excluding hydrogens is 181 g/mol. The average Bonchev–Trinajstić information content (AvgIpc) is 3.02. The molecule has 0 saturated carbocycles. The second-order valence-corrected chi connectivity index (χ2v) is 3.09. The van der Waals surface area contributed by atoms with Gasteiger partial charge in [0.1, 0.15) is 11.8 Å². The molecule has 1 aliphatic heterocycles. The number of hydrogen-bond acceptors (Lipinski definition) is 4. The van der Waals surface area contributed by atoms with E-state index in [1.54, 1.807) is 25.7 Å². The molecule has 14 heavy (non-hydrogen) atoms. The van der Waals surface area contributed by atoms with Crippen molar-refractivity contribution in [2.24, 2.45) is 5.18 Å². The molecule has 71 valence electrons. The molecule has 0 N–H and O–H groups in total. The maximum atomic E-state index is 10.2. The van der Waals surface area contributed by atoms with Gasteiger partial charge < -0.3 is 9.39 Å². The molecule has 0 bridgehead atoms. The van der Waals surface area contributed by atoms with Gasteiger partial charge in [0.25, 0.3) is 0 Å². The Labute approximate surface area is 82.5 Å². The molecular formula is C9H9BNO3. The van der Waals surface area contributed by atoms with Crippen LogP contribution in [0.1, 0.15) is 0 Å². The summed E-state index contributed by atoms with van der Waals surface area (Å²) in [5, 5.41) is 2.84. The van der Waals surface area contributed by atoms with Gasteiger partial charge in [-0.25, -0.2) is 0 Å². The Hall–Kier alpha value is -1.20. The van der Waals surface area contributed by atoms with Crippen LogP contribution in [0, 0.1) is 4.91 Å². The van der Waals surface area contributed by atoms with Gasteiger partial charge in [0, 0.05) is 0 Å². The monoisotopic (exact) mass is 190 g/mol. The van der Waals surface area contributed by atoms with Crippen LogP contribution in [0.25, 0.3) is 0 Å². The van der Waals surface area contributed by atoms with Gasteiger partial charge in [0.05, 0.1) is 13.2 Å². The highest BCUT2D eigenvalue weighted by Crippen LogP contribution is 2.09. The van der Waals surface area contributed by atoms with E-state index in [4.69, 9.17) is 9.39 Å². The van der Waals surface area contributed by atoms with Gasteiger partial charge in [0.2, 0.25) is 0 Å². The van der Waals surface area contributed by atoms with E-state index in [9.17, 15) is 4.91 Å². The predicted molar refractivity (Wildman–Crippen MR) is 53.0 cm³/mol. The summed E-state index contributed by atoms with van der Waals surface area (Å²) in [6, 6.07) is 6.93. The molecule has 1 aliphatic rings. The third kappa shape index (κ3) is 2.65. The summed E-state index contributed by atoms with van der Waals surface area (Å²) < 4.78 is 10.2. The van der Waals surface area contributed by atoms with Gasteiger partial charge in [-0.3, -0.25) is 0 Å². The molecule has 1 aromatic rings. The standard InChI is InChI=1S/C9H9BNO3/c12-11-8-3-1-2-7(4-8)10-14-6-9-5-13-9/h1-4,9H,5-6H2. The van der Waals surface area contributed by atoms with Crippen LogP contribution in [0.4, 0.5) is 5.69 Å². The van der Waals surface area contributed by atoms with Gasteiger partial charge in [-0.15, -0.1) is 4.91 Å². The van der Waals surface area contributed by atoms with E-state index in [0.29, 0.717) is 12.3 Å². The Morgan fingerprint density at radius 1 is 1.64 bits per heavy atom. The van der Waals surface area contributed by atoms with Gasteiger partial charge in [-0.05, 0) is 17.3 Å². The summed E-state index contributed by atoms with van der Waals surface area (Å²) in [6.07, 6.45) is 0.249. The van der Waals surface area contributed by atoms with Crippen molar-refractivity contribution < 1.29 is 9.39 Å². The zero-order valence-electron chi connectivity index (χ0n) is 7.55. The molecule has 4 nitrogen and oxygen atoms in total. The molecule has 1 saturated heterocycles. The lowest BCUT2D eigenvalue weighted by atomic mass is 9.88. The fourth-order valence-corrected chi connectivity index (χ4v) is 1.07. The molecule has 1 fully saturated rings. The van der Waals surface area contributed by atoms with Crippen LogP contribution >= 0.6 is 0 Å². The minimum Gasteiger partial charge on any atom is -0.431 e. The highest BCUT2D eigenvalue weighted by atomic mass is 16.6. The fourth-order valence-electron chi connectivity index (χ4n) is 1.07. The third-order valence-corrected chi connectivity index (χ3v) is 1.88. The maximum Gasteiger partial charge on any atom is 0.330 e. The molecule has 0 aromatic heterocycles. The van der Waals surface area contributed by atoms with Crippen molar-refractivity contribution in [3.63, 3.8) is 0 Å². The van der Waals surface area contributed by atoms with E-state index < -0.39 is 0 Å². The molecule has 1 heterocycles. The van der Waals surface area contributed by atoms with Gasteiger partial charge in [0.15, 0.2) is 0 Å². The van der Waals surface area contributed by atoms with E-state index in [0.717, 1.165) is 12.1 Å². The van der Waals surface area contributed by atoms with Crippen LogP contribution in [0.5, 0.6) is 0 Å². The summed E-state index contributed by atoms with van der Waals surface area (Å²) in [5.74, 6) is 0. The molecule has 1 atom stereocenters. The predicted octanol–water partition coefficient (Wildman–Crippen LogP) is 0.744. The second kappa shape index (κ2) is 4.35. The number of rotatable bonds is 5. The average molecular weight is 190 g/mol. The zero-order valence-corrected chi connectivity index (χ0v) is 7.55. The maximum absolute atomic E-state index is 10.2. The second-order valence-electron chi connectivity index (χ2n) is 3.09. The first kappa shape index (κ1) is 9.36. The quantitative estimate of drug-likeness (QED) is 0.391. The van der Waals surface area contributed by atoms with Gasteiger partial charge in [-0.2, -0.15) is 0 Å². The van der Waals surface area contributed by atoms with Gasteiger partial charge in [-0.1, -0.05) is 17.6 Å². The molecule has 5 heteroatoms. The lowest BCUT2D eigenvalue weighted by molar-refractivity contribution is 0.277. The minimum atomic E-state index is 0.249. The largest absolute Gasteiger partial charge is 0.431 e. The van der Waals surface area contributed by atoms with E-state index in [2.05, 4.69) is 5.18 Å². The summed E-state index contributed by atoms with van der Waals surface area (Å²) in [7, 11) is 1.61. The van der Waals surface area contributed by atoms with Crippen LogP contribution in [0.3, 0.4) is 0 Å². The first-order valence-electron chi connectivity index (χ1n) is 4.38. The number of benzene rings is 1. The van der Waals surface area contributed by atoms with Crippen molar-refractivity contribution >= 4 is 18.6 Å². The van der Waals surface area contributed by atoms with Crippen LogP contribution < -0.4 is 5.46 Å². The van der Waals surface area contributed by atoms with E-state index >= 15 is 0 Å².